The lowest BCUT2D eigenvalue weighted by Gasteiger charge is -1.91. The predicted molar refractivity (Wildman–Crippen MR) is 41.1 cm³/mol. The summed E-state index contributed by atoms with van der Waals surface area (Å²) in [6, 6.07) is 2.88. The van der Waals surface area contributed by atoms with E-state index in [-0.39, 0.29) is 4.21 Å². The Balaban J connectivity index is 3.22. The molecule has 0 saturated heterocycles. The Morgan fingerprint density at radius 1 is 1.55 bits per heavy atom. The lowest BCUT2D eigenvalue weighted by atomic mass is 10.7. The van der Waals surface area contributed by atoms with Crippen molar-refractivity contribution in [2.45, 2.75) is 4.21 Å². The molecule has 0 aliphatic carbocycles. The number of rotatable bonds is 1. The van der Waals surface area contributed by atoms with E-state index in [0.717, 1.165) is 11.3 Å². The van der Waals surface area contributed by atoms with E-state index in [1.807, 2.05) is 0 Å². The van der Waals surface area contributed by atoms with Crippen LogP contribution in [0.15, 0.2) is 21.7 Å². The molecule has 0 aromatic carbocycles. The first-order valence-corrected chi connectivity index (χ1v) is 4.99. The van der Waals surface area contributed by atoms with Gasteiger partial charge in [0.1, 0.15) is 4.21 Å². The average molecular weight is 191 g/mol. The Morgan fingerprint density at radius 2 is 2.18 bits per heavy atom. The van der Waals surface area contributed by atoms with Gasteiger partial charge in [-0.05, 0) is 11.4 Å². The van der Waals surface area contributed by atoms with Crippen molar-refractivity contribution in [3.63, 3.8) is 0 Å². The van der Waals surface area contributed by atoms with Gasteiger partial charge in [0.05, 0.1) is 0 Å². The number of carbonyl (C=O) groups excluding carboxylic acids is 1. The molecule has 0 fully saturated rings. The fraction of sp³-hybridized carbons (Fsp3) is 0. The highest BCUT2D eigenvalue weighted by Crippen LogP contribution is 2.16. The SMILES string of the molecule is NC(=O)S(=O)(=O)c1cccs1. The van der Waals surface area contributed by atoms with Crippen LogP contribution in [0.1, 0.15) is 0 Å². The Kier molecular flexibility index (Phi) is 1.97. The first kappa shape index (κ1) is 8.22. The zero-order chi connectivity index (χ0) is 8.48. The normalized spacial score (nSPS) is 11.3. The van der Waals surface area contributed by atoms with Crippen LogP contribution in [0.5, 0.6) is 0 Å². The van der Waals surface area contributed by atoms with Crippen molar-refractivity contribution >= 4 is 26.4 Å². The van der Waals surface area contributed by atoms with Gasteiger partial charge in [-0.2, -0.15) is 0 Å². The van der Waals surface area contributed by atoms with Crippen LogP contribution in [0.2, 0.25) is 0 Å². The molecule has 0 spiro atoms. The van der Waals surface area contributed by atoms with E-state index >= 15 is 0 Å². The van der Waals surface area contributed by atoms with E-state index < -0.39 is 15.1 Å². The maximum Gasteiger partial charge on any atom is 0.339 e. The third kappa shape index (κ3) is 1.41. The van der Waals surface area contributed by atoms with E-state index in [1.165, 1.54) is 6.07 Å². The van der Waals surface area contributed by atoms with Crippen LogP contribution >= 0.6 is 11.3 Å². The van der Waals surface area contributed by atoms with Crippen molar-refractivity contribution in [1.82, 2.24) is 0 Å². The lowest BCUT2D eigenvalue weighted by Crippen LogP contribution is -2.20. The summed E-state index contributed by atoms with van der Waals surface area (Å²) in [5, 5.41) is 0.260. The van der Waals surface area contributed by atoms with Gasteiger partial charge in [0.25, 0.3) is 9.84 Å². The van der Waals surface area contributed by atoms with Crippen LogP contribution in [0, 0.1) is 0 Å². The molecule has 0 aliphatic heterocycles. The summed E-state index contributed by atoms with van der Waals surface area (Å²) in [4.78, 5) is 10.4. The Labute approximate surface area is 67.6 Å². The molecule has 1 aromatic rings. The second-order valence-corrected chi connectivity index (χ2v) is 4.81. The molecule has 1 amide bonds. The van der Waals surface area contributed by atoms with Gasteiger partial charge in [-0.3, -0.25) is 4.79 Å². The molecular weight excluding hydrogens is 186 g/mol. The van der Waals surface area contributed by atoms with Crippen molar-refractivity contribution in [2.24, 2.45) is 5.73 Å². The lowest BCUT2D eigenvalue weighted by molar-refractivity contribution is 0.265. The van der Waals surface area contributed by atoms with Gasteiger partial charge in [-0.25, -0.2) is 8.42 Å². The van der Waals surface area contributed by atoms with Gasteiger partial charge in [0.15, 0.2) is 0 Å². The summed E-state index contributed by atoms with van der Waals surface area (Å²) in [5.74, 6) is 0. The third-order valence-electron chi connectivity index (χ3n) is 1.02. The average Bonchev–Trinajstić information content (AvgIpc) is 2.37. The Hall–Kier alpha value is -0.880. The summed E-state index contributed by atoms with van der Waals surface area (Å²) in [6.45, 7) is 0. The number of amides is 1. The Morgan fingerprint density at radius 3 is 2.55 bits per heavy atom. The molecule has 1 rings (SSSR count). The van der Waals surface area contributed by atoms with Gasteiger partial charge in [-0.15, -0.1) is 11.3 Å². The molecular formula is C5H5NO3S2. The maximum atomic E-state index is 10.9. The second-order valence-electron chi connectivity index (χ2n) is 1.75. The molecule has 11 heavy (non-hydrogen) atoms. The molecule has 0 bridgehead atoms. The van der Waals surface area contributed by atoms with Crippen molar-refractivity contribution in [3.8, 4) is 0 Å². The zero-order valence-corrected chi connectivity index (χ0v) is 6.98. The minimum absolute atomic E-state index is 0.00926. The summed E-state index contributed by atoms with van der Waals surface area (Å²) in [7, 11) is -3.88. The first-order chi connectivity index (χ1) is 5.05. The summed E-state index contributed by atoms with van der Waals surface area (Å²) >= 11 is 0.969. The predicted octanol–water partition coefficient (Wildman–Crippen LogP) is 0.601. The number of thiophene rings is 1. The molecule has 0 atom stereocenters. The van der Waals surface area contributed by atoms with Crippen LogP contribution in [0.25, 0.3) is 0 Å². The molecule has 0 unspecified atom stereocenters. The molecule has 6 heteroatoms. The number of carbonyl (C=O) groups is 1. The number of hydrogen-bond acceptors (Lipinski definition) is 4. The minimum atomic E-state index is -3.88. The van der Waals surface area contributed by atoms with E-state index in [9.17, 15) is 13.2 Å². The molecule has 2 N–H and O–H groups in total. The van der Waals surface area contributed by atoms with Gasteiger partial charge in [0.2, 0.25) is 0 Å². The zero-order valence-electron chi connectivity index (χ0n) is 5.35. The topological polar surface area (TPSA) is 77.2 Å². The number of primary amides is 1. The third-order valence-corrected chi connectivity index (χ3v) is 3.83. The quantitative estimate of drug-likeness (QED) is 0.706. The number of hydrogen-bond donors (Lipinski definition) is 1. The standard InChI is InChI=1S/C5H5NO3S2/c6-5(7)11(8,9)4-2-1-3-10-4/h1-3H,(H2,6,7). The van der Waals surface area contributed by atoms with E-state index in [0.29, 0.717) is 0 Å². The van der Waals surface area contributed by atoms with Crippen molar-refractivity contribution in [2.75, 3.05) is 0 Å². The summed E-state index contributed by atoms with van der Waals surface area (Å²) < 4.78 is 21.8. The van der Waals surface area contributed by atoms with E-state index in [4.69, 9.17) is 0 Å². The molecule has 1 heterocycles. The van der Waals surface area contributed by atoms with Crippen LogP contribution < -0.4 is 5.73 Å². The largest absolute Gasteiger partial charge is 0.356 e. The fourth-order valence-electron chi connectivity index (χ4n) is 0.516. The van der Waals surface area contributed by atoms with Crippen LogP contribution in [0.4, 0.5) is 4.79 Å². The van der Waals surface area contributed by atoms with Gasteiger partial charge >= 0.3 is 5.24 Å². The van der Waals surface area contributed by atoms with Gasteiger partial charge < -0.3 is 5.73 Å². The maximum absolute atomic E-state index is 10.9. The van der Waals surface area contributed by atoms with Gasteiger partial charge in [0, 0.05) is 0 Å². The Bertz CT molecular complexity index is 351. The van der Waals surface area contributed by atoms with Crippen LogP contribution in [-0.4, -0.2) is 13.7 Å². The van der Waals surface area contributed by atoms with Crippen molar-refractivity contribution in [3.05, 3.63) is 17.5 Å². The van der Waals surface area contributed by atoms with Crippen molar-refractivity contribution < 1.29 is 13.2 Å². The van der Waals surface area contributed by atoms with Crippen LogP contribution in [0.3, 0.4) is 0 Å². The molecule has 60 valence electrons. The molecule has 0 saturated carbocycles. The van der Waals surface area contributed by atoms with E-state index in [2.05, 4.69) is 5.73 Å². The molecule has 0 radical (unpaired) electrons. The number of sulfone groups is 1. The molecule has 0 aliphatic rings. The highest BCUT2D eigenvalue weighted by Gasteiger charge is 2.21. The smallest absolute Gasteiger partial charge is 0.339 e. The highest BCUT2D eigenvalue weighted by atomic mass is 32.2. The summed E-state index contributed by atoms with van der Waals surface area (Å²) in [5.41, 5.74) is 4.64. The highest BCUT2D eigenvalue weighted by molar-refractivity contribution is 8.07. The first-order valence-electron chi connectivity index (χ1n) is 2.63. The monoisotopic (exact) mass is 191 g/mol. The van der Waals surface area contributed by atoms with Crippen LogP contribution in [-0.2, 0) is 9.84 Å². The number of nitrogens with two attached hydrogens (primary N) is 1. The second kappa shape index (κ2) is 2.63. The van der Waals surface area contributed by atoms with E-state index in [1.54, 1.807) is 11.4 Å². The van der Waals surface area contributed by atoms with Gasteiger partial charge in [-0.1, -0.05) is 6.07 Å². The molecule has 1 aromatic heterocycles. The van der Waals surface area contributed by atoms with Crippen molar-refractivity contribution in [1.29, 1.82) is 0 Å². The molecule has 4 nitrogen and oxygen atoms in total. The summed E-state index contributed by atoms with van der Waals surface area (Å²) in [6.07, 6.45) is 0. The fourth-order valence-corrected chi connectivity index (χ4v) is 2.34. The minimum Gasteiger partial charge on any atom is -0.356 e.